The number of hydrogen-bond donors (Lipinski definition) is 3. The second-order valence-corrected chi connectivity index (χ2v) is 7.57. The molecule has 6 heteroatoms. The number of carbonyl (C=O) groups excluding carboxylic acids is 2. The first-order chi connectivity index (χ1) is 14.5. The average molecular weight is 405 g/mol. The molecule has 0 fully saturated rings. The van der Waals surface area contributed by atoms with Crippen LogP contribution in [0.1, 0.15) is 30.5 Å². The summed E-state index contributed by atoms with van der Waals surface area (Å²) in [7, 11) is 0. The minimum Gasteiger partial charge on any atom is -0.361 e. The standard InChI is InChI=1S/C24H27N3O3/c1-17(2)24(29)27(14-13-20-15-25-22-6-4-3-5-21(20)22)16-19-9-7-18(8-10-19)11-12-23(28)26-30/h3-12,15,17,25,30H,13-14,16H2,1-2H3,(H,26,28)/b12-11+. The van der Waals surface area contributed by atoms with Crippen molar-refractivity contribution in [1.29, 1.82) is 0 Å². The number of fused-ring (bicyclic) bond motifs is 1. The molecule has 0 aliphatic rings. The van der Waals surface area contributed by atoms with Crippen molar-refractivity contribution >= 4 is 28.8 Å². The van der Waals surface area contributed by atoms with Crippen LogP contribution in [0.15, 0.2) is 60.8 Å². The van der Waals surface area contributed by atoms with E-state index in [0.29, 0.717) is 13.1 Å². The molecule has 30 heavy (non-hydrogen) atoms. The molecule has 2 aromatic carbocycles. The number of H-pyrrole nitrogens is 1. The first-order valence-corrected chi connectivity index (χ1v) is 10.0. The second-order valence-electron chi connectivity index (χ2n) is 7.57. The minimum atomic E-state index is -0.579. The van der Waals surface area contributed by atoms with Crippen LogP contribution in [0.5, 0.6) is 0 Å². The lowest BCUT2D eigenvalue weighted by Gasteiger charge is -2.25. The van der Waals surface area contributed by atoms with Gasteiger partial charge in [0.2, 0.25) is 5.91 Å². The molecule has 1 heterocycles. The van der Waals surface area contributed by atoms with Crippen molar-refractivity contribution in [2.75, 3.05) is 6.54 Å². The van der Waals surface area contributed by atoms with Crippen LogP contribution in [0.4, 0.5) is 0 Å². The van der Waals surface area contributed by atoms with Crippen molar-refractivity contribution in [1.82, 2.24) is 15.4 Å². The molecule has 3 aromatic rings. The predicted molar refractivity (Wildman–Crippen MR) is 118 cm³/mol. The van der Waals surface area contributed by atoms with E-state index >= 15 is 0 Å². The summed E-state index contributed by atoms with van der Waals surface area (Å²) < 4.78 is 0. The maximum Gasteiger partial charge on any atom is 0.267 e. The monoisotopic (exact) mass is 405 g/mol. The Hall–Kier alpha value is -3.38. The molecular formula is C24H27N3O3. The molecule has 6 nitrogen and oxygen atoms in total. The number of para-hydroxylation sites is 1. The van der Waals surface area contributed by atoms with Gasteiger partial charge in [-0.2, -0.15) is 0 Å². The summed E-state index contributed by atoms with van der Waals surface area (Å²) in [5, 5.41) is 9.73. The Labute approximate surface area is 176 Å². The number of hydrogen-bond acceptors (Lipinski definition) is 3. The number of aromatic nitrogens is 1. The van der Waals surface area contributed by atoms with E-state index in [4.69, 9.17) is 5.21 Å². The molecule has 0 atom stereocenters. The molecule has 0 radical (unpaired) electrons. The number of nitrogens with zero attached hydrogens (tertiary/aromatic N) is 1. The van der Waals surface area contributed by atoms with Crippen LogP contribution in [-0.4, -0.2) is 33.5 Å². The summed E-state index contributed by atoms with van der Waals surface area (Å²) in [6.07, 6.45) is 5.67. The van der Waals surface area contributed by atoms with Crippen LogP contribution in [-0.2, 0) is 22.6 Å². The smallest absolute Gasteiger partial charge is 0.267 e. The maximum absolute atomic E-state index is 12.8. The highest BCUT2D eigenvalue weighted by atomic mass is 16.5. The Morgan fingerprint density at radius 3 is 2.57 bits per heavy atom. The van der Waals surface area contributed by atoms with Gasteiger partial charge in [0, 0.05) is 42.2 Å². The van der Waals surface area contributed by atoms with E-state index in [1.165, 1.54) is 17.0 Å². The molecule has 0 saturated heterocycles. The second kappa shape index (κ2) is 9.89. The van der Waals surface area contributed by atoms with Gasteiger partial charge in [-0.1, -0.05) is 56.3 Å². The molecule has 2 amide bonds. The van der Waals surface area contributed by atoms with Gasteiger partial charge in [0.05, 0.1) is 0 Å². The van der Waals surface area contributed by atoms with Gasteiger partial charge in [-0.05, 0) is 35.3 Å². The van der Waals surface area contributed by atoms with Crippen molar-refractivity contribution in [2.24, 2.45) is 5.92 Å². The number of aromatic amines is 1. The Morgan fingerprint density at radius 2 is 1.87 bits per heavy atom. The van der Waals surface area contributed by atoms with Gasteiger partial charge < -0.3 is 9.88 Å². The number of rotatable bonds is 8. The topological polar surface area (TPSA) is 85.4 Å². The molecule has 1 aromatic heterocycles. The molecule has 0 aliphatic heterocycles. The van der Waals surface area contributed by atoms with E-state index in [0.717, 1.165) is 23.1 Å². The third-order valence-electron chi connectivity index (χ3n) is 5.02. The fourth-order valence-corrected chi connectivity index (χ4v) is 3.39. The molecule has 3 N–H and O–H groups in total. The van der Waals surface area contributed by atoms with Gasteiger partial charge in [0.1, 0.15) is 0 Å². The van der Waals surface area contributed by atoms with Crippen molar-refractivity contribution < 1.29 is 14.8 Å². The zero-order valence-corrected chi connectivity index (χ0v) is 17.3. The third-order valence-corrected chi connectivity index (χ3v) is 5.02. The van der Waals surface area contributed by atoms with Crippen LogP contribution in [0.25, 0.3) is 17.0 Å². The van der Waals surface area contributed by atoms with E-state index in [9.17, 15) is 9.59 Å². The lowest BCUT2D eigenvalue weighted by atomic mass is 10.1. The highest BCUT2D eigenvalue weighted by Crippen LogP contribution is 2.19. The summed E-state index contributed by atoms with van der Waals surface area (Å²) in [6.45, 7) is 5.00. The van der Waals surface area contributed by atoms with Crippen LogP contribution in [0.3, 0.4) is 0 Å². The number of amides is 2. The molecule has 0 aliphatic carbocycles. The first-order valence-electron chi connectivity index (χ1n) is 10.0. The highest BCUT2D eigenvalue weighted by molar-refractivity contribution is 5.90. The SMILES string of the molecule is CC(C)C(=O)N(CCc1c[nH]c2ccccc12)Cc1ccc(/C=C/C(=O)NO)cc1. The zero-order chi connectivity index (χ0) is 21.5. The zero-order valence-electron chi connectivity index (χ0n) is 17.3. The molecule has 0 spiro atoms. The van der Waals surface area contributed by atoms with Gasteiger partial charge in [-0.3, -0.25) is 14.8 Å². The molecule has 156 valence electrons. The van der Waals surface area contributed by atoms with Crippen molar-refractivity contribution in [2.45, 2.75) is 26.8 Å². The van der Waals surface area contributed by atoms with E-state index in [2.05, 4.69) is 17.1 Å². The number of hydroxylamine groups is 1. The average Bonchev–Trinajstić information content (AvgIpc) is 3.18. The lowest BCUT2D eigenvalue weighted by molar-refractivity contribution is -0.135. The quantitative estimate of drug-likeness (QED) is 0.302. The third kappa shape index (κ3) is 5.36. The van der Waals surface area contributed by atoms with Crippen LogP contribution in [0.2, 0.25) is 0 Å². The largest absolute Gasteiger partial charge is 0.361 e. The molecule has 0 unspecified atom stereocenters. The molecule has 3 rings (SSSR count). The van der Waals surface area contributed by atoms with Gasteiger partial charge >= 0.3 is 0 Å². The first kappa shape index (κ1) is 21.3. The predicted octanol–water partition coefficient (Wildman–Crippen LogP) is 3.91. The summed E-state index contributed by atoms with van der Waals surface area (Å²) in [5.41, 5.74) is 5.72. The Kier molecular flexibility index (Phi) is 7.03. The molecule has 0 saturated carbocycles. The number of nitrogens with one attached hydrogen (secondary N) is 2. The molecular weight excluding hydrogens is 378 g/mol. The summed E-state index contributed by atoms with van der Waals surface area (Å²) in [4.78, 5) is 29.1. The summed E-state index contributed by atoms with van der Waals surface area (Å²) >= 11 is 0. The van der Waals surface area contributed by atoms with E-state index in [1.54, 1.807) is 11.6 Å². The lowest BCUT2D eigenvalue weighted by Crippen LogP contribution is -2.35. The fourth-order valence-electron chi connectivity index (χ4n) is 3.39. The van der Waals surface area contributed by atoms with E-state index in [-0.39, 0.29) is 11.8 Å². The van der Waals surface area contributed by atoms with E-state index in [1.807, 2.05) is 61.3 Å². The maximum atomic E-state index is 12.8. The normalized spacial score (nSPS) is 11.3. The molecule has 0 bridgehead atoms. The van der Waals surface area contributed by atoms with Crippen LogP contribution in [0, 0.1) is 5.92 Å². The van der Waals surface area contributed by atoms with Gasteiger partial charge in [-0.15, -0.1) is 0 Å². The summed E-state index contributed by atoms with van der Waals surface area (Å²) in [5.74, 6) is -0.532. The van der Waals surface area contributed by atoms with Crippen molar-refractivity contribution in [3.8, 4) is 0 Å². The Balaban J connectivity index is 1.70. The van der Waals surface area contributed by atoms with Gasteiger partial charge in [-0.25, -0.2) is 5.48 Å². The van der Waals surface area contributed by atoms with Crippen molar-refractivity contribution in [3.63, 3.8) is 0 Å². The Morgan fingerprint density at radius 1 is 1.13 bits per heavy atom. The Bertz CT molecular complexity index is 1040. The number of carbonyl (C=O) groups is 2. The highest BCUT2D eigenvalue weighted by Gasteiger charge is 2.18. The fraction of sp³-hybridized carbons (Fsp3) is 0.250. The van der Waals surface area contributed by atoms with Crippen molar-refractivity contribution in [3.05, 3.63) is 77.5 Å². The summed E-state index contributed by atoms with van der Waals surface area (Å²) in [6, 6.07) is 15.8. The van der Waals surface area contributed by atoms with Crippen LogP contribution < -0.4 is 5.48 Å². The van der Waals surface area contributed by atoms with E-state index < -0.39 is 5.91 Å². The number of benzene rings is 2. The van der Waals surface area contributed by atoms with Gasteiger partial charge in [0.15, 0.2) is 0 Å². The minimum absolute atomic E-state index is 0.0767. The van der Waals surface area contributed by atoms with Crippen LogP contribution >= 0.6 is 0 Å². The van der Waals surface area contributed by atoms with Gasteiger partial charge in [0.25, 0.3) is 5.91 Å².